The lowest BCUT2D eigenvalue weighted by Gasteiger charge is -2.11. The van der Waals surface area contributed by atoms with E-state index >= 15 is 0 Å². The van der Waals surface area contributed by atoms with Crippen molar-refractivity contribution >= 4 is 23.5 Å². The quantitative estimate of drug-likeness (QED) is 0.548. The van der Waals surface area contributed by atoms with Crippen LogP contribution in [0.15, 0.2) is 78.9 Å². The maximum Gasteiger partial charge on any atom is 0.340 e. The minimum Gasteiger partial charge on any atom is -0.452 e. The zero-order chi connectivity index (χ0) is 22.1. The number of hydrogen-bond donors (Lipinski definition) is 2. The largest absolute Gasteiger partial charge is 0.452 e. The first-order valence-corrected chi connectivity index (χ1v) is 9.98. The van der Waals surface area contributed by atoms with Crippen LogP contribution in [0.4, 0.5) is 5.69 Å². The Morgan fingerprint density at radius 3 is 2.39 bits per heavy atom. The summed E-state index contributed by atoms with van der Waals surface area (Å²) in [6.45, 7) is 1.95. The molecule has 6 nitrogen and oxygen atoms in total. The van der Waals surface area contributed by atoms with Gasteiger partial charge in [0.25, 0.3) is 11.8 Å². The molecule has 6 heteroatoms. The Hall–Kier alpha value is -3.93. The molecule has 0 saturated heterocycles. The lowest BCUT2D eigenvalue weighted by molar-refractivity contribution is -0.124. The fraction of sp³-hybridized carbons (Fsp3) is 0.160. The normalized spacial score (nSPS) is 10.2. The molecule has 0 unspecified atom stereocenters. The van der Waals surface area contributed by atoms with Gasteiger partial charge in [-0.15, -0.1) is 0 Å². The van der Waals surface area contributed by atoms with Gasteiger partial charge in [0, 0.05) is 12.1 Å². The third-order valence-electron chi connectivity index (χ3n) is 4.59. The second-order valence-corrected chi connectivity index (χ2v) is 7.03. The smallest absolute Gasteiger partial charge is 0.340 e. The lowest BCUT2D eigenvalue weighted by atomic mass is 10.1. The van der Waals surface area contributed by atoms with E-state index in [1.807, 2.05) is 43.3 Å². The number of benzene rings is 3. The summed E-state index contributed by atoms with van der Waals surface area (Å²) in [5.74, 6) is -1.40. The van der Waals surface area contributed by atoms with E-state index in [9.17, 15) is 14.4 Å². The number of aryl methyl sites for hydroxylation is 1. The Kier molecular flexibility index (Phi) is 7.54. The Morgan fingerprint density at radius 2 is 1.61 bits per heavy atom. The molecule has 0 atom stereocenters. The van der Waals surface area contributed by atoms with Crippen molar-refractivity contribution in [1.82, 2.24) is 5.32 Å². The first-order chi connectivity index (χ1) is 15.0. The van der Waals surface area contributed by atoms with Crippen molar-refractivity contribution < 1.29 is 19.1 Å². The molecule has 0 fully saturated rings. The van der Waals surface area contributed by atoms with Crippen molar-refractivity contribution in [3.63, 3.8) is 0 Å². The molecule has 3 rings (SSSR count). The van der Waals surface area contributed by atoms with Gasteiger partial charge in [0.2, 0.25) is 0 Å². The molecule has 3 aromatic rings. The molecular weight excluding hydrogens is 392 g/mol. The van der Waals surface area contributed by atoms with Crippen molar-refractivity contribution in [2.75, 3.05) is 18.5 Å². The Morgan fingerprint density at radius 1 is 0.871 bits per heavy atom. The van der Waals surface area contributed by atoms with Crippen LogP contribution in [0.3, 0.4) is 0 Å². The van der Waals surface area contributed by atoms with Crippen LogP contribution in [0.1, 0.15) is 31.8 Å². The van der Waals surface area contributed by atoms with Gasteiger partial charge in [0.1, 0.15) is 0 Å². The van der Waals surface area contributed by atoms with Gasteiger partial charge in [-0.3, -0.25) is 9.59 Å². The van der Waals surface area contributed by atoms with E-state index in [-0.39, 0.29) is 17.4 Å². The monoisotopic (exact) mass is 416 g/mol. The molecule has 3 aromatic carbocycles. The van der Waals surface area contributed by atoms with E-state index < -0.39 is 12.6 Å². The molecule has 0 bridgehead atoms. The summed E-state index contributed by atoms with van der Waals surface area (Å²) in [5.41, 5.74) is 3.06. The number of nitrogens with one attached hydrogen (secondary N) is 2. The molecule has 0 saturated carbocycles. The summed E-state index contributed by atoms with van der Waals surface area (Å²) in [4.78, 5) is 37.0. The third kappa shape index (κ3) is 6.54. The lowest BCUT2D eigenvalue weighted by Crippen LogP contribution is -2.30. The number of carbonyl (C=O) groups is 3. The number of amides is 2. The second kappa shape index (κ2) is 10.7. The van der Waals surface area contributed by atoms with Crippen LogP contribution >= 0.6 is 0 Å². The van der Waals surface area contributed by atoms with Gasteiger partial charge in [0.05, 0.1) is 11.3 Å². The summed E-state index contributed by atoms with van der Waals surface area (Å²) in [6.07, 6.45) is 0.689. The summed E-state index contributed by atoms with van der Waals surface area (Å²) >= 11 is 0. The van der Waals surface area contributed by atoms with Gasteiger partial charge in [-0.05, 0) is 43.2 Å². The molecule has 0 heterocycles. The highest BCUT2D eigenvalue weighted by atomic mass is 16.5. The standard InChI is InChI=1S/C25H24N2O4/c1-18-8-7-11-20(16-18)24(29)27-22-13-6-5-12-21(22)25(30)31-17-23(28)26-15-14-19-9-3-2-4-10-19/h2-13,16H,14-15,17H2,1H3,(H,26,28)(H,27,29). The first kappa shape index (κ1) is 21.8. The van der Waals surface area contributed by atoms with Gasteiger partial charge in [0.15, 0.2) is 6.61 Å². The molecule has 31 heavy (non-hydrogen) atoms. The van der Waals surface area contributed by atoms with Crippen molar-refractivity contribution in [2.45, 2.75) is 13.3 Å². The number of rotatable bonds is 8. The van der Waals surface area contributed by atoms with E-state index in [4.69, 9.17) is 4.74 Å². The van der Waals surface area contributed by atoms with Gasteiger partial charge in [-0.2, -0.15) is 0 Å². The average Bonchev–Trinajstić information content (AvgIpc) is 2.78. The molecule has 2 amide bonds. The molecule has 0 radical (unpaired) electrons. The van der Waals surface area contributed by atoms with E-state index in [1.54, 1.807) is 42.5 Å². The number of carbonyl (C=O) groups excluding carboxylic acids is 3. The molecule has 0 aliphatic carbocycles. The Balaban J connectivity index is 1.53. The van der Waals surface area contributed by atoms with E-state index in [2.05, 4.69) is 10.6 Å². The molecule has 2 N–H and O–H groups in total. The zero-order valence-corrected chi connectivity index (χ0v) is 17.3. The molecule has 0 spiro atoms. The Labute approximate surface area is 181 Å². The highest BCUT2D eigenvalue weighted by Crippen LogP contribution is 2.18. The summed E-state index contributed by atoms with van der Waals surface area (Å²) in [5, 5.41) is 5.46. The maximum absolute atomic E-state index is 12.5. The van der Waals surface area contributed by atoms with Crippen molar-refractivity contribution in [1.29, 1.82) is 0 Å². The predicted octanol–water partition coefficient (Wildman–Crippen LogP) is 3.76. The van der Waals surface area contributed by atoms with E-state index in [0.29, 0.717) is 24.2 Å². The molecule has 158 valence electrons. The maximum atomic E-state index is 12.5. The Bertz CT molecular complexity index is 1060. The van der Waals surface area contributed by atoms with Crippen molar-refractivity contribution in [3.8, 4) is 0 Å². The minimum absolute atomic E-state index is 0.181. The number of hydrogen-bond acceptors (Lipinski definition) is 4. The predicted molar refractivity (Wildman–Crippen MR) is 119 cm³/mol. The molecule has 0 aromatic heterocycles. The van der Waals surface area contributed by atoms with Crippen LogP contribution in [0.2, 0.25) is 0 Å². The molecule has 0 aliphatic heterocycles. The number of esters is 1. The van der Waals surface area contributed by atoms with Crippen LogP contribution in [0.5, 0.6) is 0 Å². The summed E-state index contributed by atoms with van der Waals surface area (Å²) < 4.78 is 5.14. The fourth-order valence-corrected chi connectivity index (χ4v) is 3.00. The van der Waals surface area contributed by atoms with Crippen LogP contribution < -0.4 is 10.6 Å². The summed E-state index contributed by atoms with van der Waals surface area (Å²) in [7, 11) is 0. The SMILES string of the molecule is Cc1cccc(C(=O)Nc2ccccc2C(=O)OCC(=O)NCCc2ccccc2)c1. The van der Waals surface area contributed by atoms with Crippen molar-refractivity contribution in [3.05, 3.63) is 101 Å². The van der Waals surface area contributed by atoms with Gasteiger partial charge >= 0.3 is 5.97 Å². The van der Waals surface area contributed by atoms with Gasteiger partial charge < -0.3 is 15.4 Å². The van der Waals surface area contributed by atoms with Crippen LogP contribution in [0.25, 0.3) is 0 Å². The zero-order valence-electron chi connectivity index (χ0n) is 17.3. The number of anilines is 1. The number of para-hydroxylation sites is 1. The first-order valence-electron chi connectivity index (χ1n) is 9.98. The third-order valence-corrected chi connectivity index (χ3v) is 4.59. The van der Waals surface area contributed by atoms with Crippen LogP contribution in [0, 0.1) is 6.92 Å². The highest BCUT2D eigenvalue weighted by molar-refractivity contribution is 6.08. The van der Waals surface area contributed by atoms with Crippen LogP contribution in [-0.2, 0) is 16.0 Å². The van der Waals surface area contributed by atoms with Crippen LogP contribution in [-0.4, -0.2) is 30.9 Å². The molecular formula is C25H24N2O4. The second-order valence-electron chi connectivity index (χ2n) is 7.03. The average molecular weight is 416 g/mol. The highest BCUT2D eigenvalue weighted by Gasteiger charge is 2.16. The van der Waals surface area contributed by atoms with Crippen molar-refractivity contribution in [2.24, 2.45) is 0 Å². The minimum atomic E-state index is -0.682. The topological polar surface area (TPSA) is 84.5 Å². The van der Waals surface area contributed by atoms with E-state index in [1.165, 1.54) is 0 Å². The van der Waals surface area contributed by atoms with Gasteiger partial charge in [-0.25, -0.2) is 4.79 Å². The number of ether oxygens (including phenoxy) is 1. The van der Waals surface area contributed by atoms with Gasteiger partial charge in [-0.1, -0.05) is 60.2 Å². The van der Waals surface area contributed by atoms with E-state index in [0.717, 1.165) is 11.1 Å². The molecule has 0 aliphatic rings. The fourth-order valence-electron chi connectivity index (χ4n) is 3.00. The summed E-state index contributed by atoms with van der Waals surface area (Å²) in [6, 6.07) is 23.4.